The van der Waals surface area contributed by atoms with Gasteiger partial charge in [-0.1, -0.05) is 27.7 Å². The van der Waals surface area contributed by atoms with Gasteiger partial charge in [0.05, 0.1) is 5.01 Å². The van der Waals surface area contributed by atoms with E-state index in [4.69, 9.17) is 5.11 Å². The fourth-order valence-electron chi connectivity index (χ4n) is 1.67. The van der Waals surface area contributed by atoms with Gasteiger partial charge >= 0.3 is 0 Å². The number of nitrogens with zero attached hydrogens (tertiary/aromatic N) is 1. The van der Waals surface area contributed by atoms with Crippen LogP contribution < -0.4 is 5.32 Å². The van der Waals surface area contributed by atoms with Crippen LogP contribution in [0, 0.1) is 0 Å². The van der Waals surface area contributed by atoms with Crippen LogP contribution in [0.25, 0.3) is 0 Å². The van der Waals surface area contributed by atoms with Crippen LogP contribution in [-0.2, 0) is 12.0 Å². The molecule has 4 heteroatoms. The summed E-state index contributed by atoms with van der Waals surface area (Å²) in [7, 11) is 0. The van der Waals surface area contributed by atoms with Crippen LogP contribution in [0.4, 0.5) is 0 Å². The minimum atomic E-state index is 0.0145. The molecule has 1 atom stereocenters. The molecule has 2 N–H and O–H groups in total. The lowest BCUT2D eigenvalue weighted by atomic mass is 9.95. The maximum atomic E-state index is 9.09. The Morgan fingerprint density at radius 1 is 1.33 bits per heavy atom. The third-order valence-corrected chi connectivity index (χ3v) is 4.75. The molecule has 1 unspecified atom stereocenters. The molecular weight excluding hydrogens is 244 g/mol. The molecule has 0 saturated carbocycles. The third-order valence-electron chi connectivity index (χ3n) is 3.33. The lowest BCUT2D eigenvalue weighted by Crippen LogP contribution is -2.41. The summed E-state index contributed by atoms with van der Waals surface area (Å²) in [6, 6.07) is 0. The van der Waals surface area contributed by atoms with Gasteiger partial charge in [-0.3, -0.25) is 0 Å². The molecule has 0 radical (unpaired) electrons. The van der Waals surface area contributed by atoms with Gasteiger partial charge in [0.2, 0.25) is 0 Å². The molecule has 18 heavy (non-hydrogen) atoms. The van der Waals surface area contributed by atoms with Crippen LogP contribution in [0.3, 0.4) is 0 Å². The summed E-state index contributed by atoms with van der Waals surface area (Å²) in [5, 5.41) is 13.8. The zero-order valence-corrected chi connectivity index (χ0v) is 13.0. The minimum absolute atomic E-state index is 0.0145. The third kappa shape index (κ3) is 4.34. The second kappa shape index (κ2) is 6.13. The van der Waals surface area contributed by atoms with Crippen molar-refractivity contribution in [2.24, 2.45) is 0 Å². The van der Waals surface area contributed by atoms with Gasteiger partial charge in [-0.15, -0.1) is 11.3 Å². The summed E-state index contributed by atoms with van der Waals surface area (Å²) in [5.41, 5.74) is 0.142. The van der Waals surface area contributed by atoms with Crippen molar-refractivity contribution in [2.75, 3.05) is 6.61 Å². The highest BCUT2D eigenvalue weighted by Gasteiger charge is 2.22. The molecular formula is C14H26N2OS. The number of hydrogen-bond acceptors (Lipinski definition) is 4. The van der Waals surface area contributed by atoms with Gasteiger partial charge in [0, 0.05) is 35.2 Å². The maximum Gasteiger partial charge on any atom is 0.0981 e. The molecule has 1 rings (SSSR count). The SMILES string of the molecule is CCC(C)(CCO)NCc1cnc(C(C)(C)C)s1. The molecule has 0 aliphatic rings. The number of rotatable bonds is 6. The van der Waals surface area contributed by atoms with E-state index in [-0.39, 0.29) is 17.6 Å². The molecule has 104 valence electrons. The van der Waals surface area contributed by atoms with E-state index in [0.717, 1.165) is 19.4 Å². The van der Waals surface area contributed by atoms with Crippen LogP contribution in [-0.4, -0.2) is 22.2 Å². The van der Waals surface area contributed by atoms with Crippen LogP contribution in [0.15, 0.2) is 6.20 Å². The Bertz CT molecular complexity index is 370. The van der Waals surface area contributed by atoms with Gasteiger partial charge in [0.25, 0.3) is 0 Å². The summed E-state index contributed by atoms with van der Waals surface area (Å²) < 4.78 is 0. The molecule has 0 fully saturated rings. The first-order chi connectivity index (χ1) is 8.30. The quantitative estimate of drug-likeness (QED) is 0.835. The average Bonchev–Trinajstić information content (AvgIpc) is 2.75. The van der Waals surface area contributed by atoms with Crippen molar-refractivity contribution in [1.29, 1.82) is 0 Å². The molecule has 1 heterocycles. The maximum absolute atomic E-state index is 9.09. The highest BCUT2D eigenvalue weighted by Crippen LogP contribution is 2.27. The molecule has 0 aromatic carbocycles. The van der Waals surface area contributed by atoms with E-state index in [1.807, 2.05) is 6.20 Å². The lowest BCUT2D eigenvalue weighted by Gasteiger charge is -2.28. The summed E-state index contributed by atoms with van der Waals surface area (Å²) in [4.78, 5) is 5.75. The van der Waals surface area contributed by atoms with Crippen LogP contribution in [0.2, 0.25) is 0 Å². The minimum Gasteiger partial charge on any atom is -0.396 e. The molecule has 0 aliphatic heterocycles. The van der Waals surface area contributed by atoms with Gasteiger partial charge in [-0.05, 0) is 19.8 Å². The second-order valence-corrected chi connectivity index (χ2v) is 7.24. The van der Waals surface area contributed by atoms with Crippen LogP contribution in [0.1, 0.15) is 57.3 Å². The predicted octanol–water partition coefficient (Wildman–Crippen LogP) is 3.08. The number of thiazole rings is 1. The van der Waals surface area contributed by atoms with Gasteiger partial charge in [-0.2, -0.15) is 0 Å². The number of aliphatic hydroxyl groups is 1. The highest BCUT2D eigenvalue weighted by molar-refractivity contribution is 7.11. The van der Waals surface area contributed by atoms with E-state index in [2.05, 4.69) is 44.9 Å². The smallest absolute Gasteiger partial charge is 0.0981 e. The van der Waals surface area contributed by atoms with Crippen molar-refractivity contribution in [2.45, 2.75) is 65.0 Å². The molecule has 1 aromatic heterocycles. The molecule has 3 nitrogen and oxygen atoms in total. The van der Waals surface area contributed by atoms with Crippen molar-refractivity contribution in [3.8, 4) is 0 Å². The molecule has 0 spiro atoms. The van der Waals surface area contributed by atoms with Crippen molar-refractivity contribution < 1.29 is 5.11 Å². The Kier molecular flexibility index (Phi) is 5.32. The molecule has 0 aliphatic carbocycles. The Morgan fingerprint density at radius 2 is 2.00 bits per heavy atom. The Hall–Kier alpha value is -0.450. The number of aromatic nitrogens is 1. The van der Waals surface area contributed by atoms with Gasteiger partial charge in [0.15, 0.2) is 0 Å². The van der Waals surface area contributed by atoms with E-state index in [1.54, 1.807) is 11.3 Å². The zero-order chi connectivity index (χ0) is 13.8. The molecule has 0 bridgehead atoms. The van der Waals surface area contributed by atoms with Gasteiger partial charge in [0.1, 0.15) is 0 Å². The van der Waals surface area contributed by atoms with Gasteiger partial charge in [-0.25, -0.2) is 4.98 Å². The normalized spacial score (nSPS) is 15.7. The van der Waals surface area contributed by atoms with E-state index >= 15 is 0 Å². The highest BCUT2D eigenvalue weighted by atomic mass is 32.1. The largest absolute Gasteiger partial charge is 0.396 e. The first-order valence-electron chi connectivity index (χ1n) is 6.62. The molecule has 0 amide bonds. The standard InChI is InChI=1S/C14H26N2OS/c1-6-14(5,7-8-17)16-10-11-9-15-12(18-11)13(2,3)4/h9,16-17H,6-8,10H2,1-5H3. The average molecular weight is 270 g/mol. The first kappa shape index (κ1) is 15.6. The van der Waals surface area contributed by atoms with Crippen LogP contribution >= 0.6 is 11.3 Å². The predicted molar refractivity (Wildman–Crippen MR) is 78.1 cm³/mol. The van der Waals surface area contributed by atoms with E-state index < -0.39 is 0 Å². The summed E-state index contributed by atoms with van der Waals surface area (Å²) >= 11 is 1.77. The fourth-order valence-corrected chi connectivity index (χ4v) is 2.58. The fraction of sp³-hybridized carbons (Fsp3) is 0.786. The molecule has 0 saturated heterocycles. The first-order valence-corrected chi connectivity index (χ1v) is 7.43. The Morgan fingerprint density at radius 3 is 2.44 bits per heavy atom. The molecule has 1 aromatic rings. The van der Waals surface area contributed by atoms with E-state index in [9.17, 15) is 0 Å². The second-order valence-electron chi connectivity index (χ2n) is 6.12. The Labute approximate surface area is 115 Å². The topological polar surface area (TPSA) is 45.1 Å². The number of hydrogen-bond donors (Lipinski definition) is 2. The van der Waals surface area contributed by atoms with Crippen molar-refractivity contribution in [1.82, 2.24) is 10.3 Å². The van der Waals surface area contributed by atoms with Crippen molar-refractivity contribution >= 4 is 11.3 Å². The summed E-state index contributed by atoms with van der Waals surface area (Å²) in [6.07, 6.45) is 3.76. The van der Waals surface area contributed by atoms with Crippen molar-refractivity contribution in [3.63, 3.8) is 0 Å². The monoisotopic (exact) mass is 270 g/mol. The Balaban J connectivity index is 2.61. The number of nitrogens with one attached hydrogen (secondary N) is 1. The van der Waals surface area contributed by atoms with Crippen molar-refractivity contribution in [3.05, 3.63) is 16.1 Å². The summed E-state index contributed by atoms with van der Waals surface area (Å²) in [6.45, 7) is 11.9. The lowest BCUT2D eigenvalue weighted by molar-refractivity contribution is 0.215. The zero-order valence-electron chi connectivity index (χ0n) is 12.2. The van der Waals surface area contributed by atoms with E-state index in [0.29, 0.717) is 0 Å². The number of aliphatic hydroxyl groups excluding tert-OH is 1. The van der Waals surface area contributed by atoms with E-state index in [1.165, 1.54) is 9.88 Å². The van der Waals surface area contributed by atoms with Gasteiger partial charge < -0.3 is 10.4 Å². The van der Waals surface area contributed by atoms with Crippen LogP contribution in [0.5, 0.6) is 0 Å². The summed E-state index contributed by atoms with van der Waals surface area (Å²) in [5.74, 6) is 0.